The van der Waals surface area contributed by atoms with E-state index in [1.165, 1.54) is 19.8 Å². The number of carbonyl (C=O) groups excluding carboxylic acids is 1. The van der Waals surface area contributed by atoms with Crippen LogP contribution in [0, 0.1) is 6.92 Å². The molecule has 1 amide bonds. The molecule has 0 aliphatic heterocycles. The summed E-state index contributed by atoms with van der Waals surface area (Å²) in [6, 6.07) is 6.53. The van der Waals surface area contributed by atoms with Gasteiger partial charge >= 0.3 is 0 Å². The second kappa shape index (κ2) is 6.75. The summed E-state index contributed by atoms with van der Waals surface area (Å²) in [5.41, 5.74) is 3.06. The normalized spacial score (nSPS) is 22.4. The lowest BCUT2D eigenvalue weighted by atomic mass is 9.92. The molecule has 0 aromatic heterocycles. The zero-order valence-corrected chi connectivity index (χ0v) is 12.5. The minimum Gasteiger partial charge on any atom is -0.382 e. The zero-order chi connectivity index (χ0) is 14.5. The Morgan fingerprint density at radius 1 is 1.35 bits per heavy atom. The lowest BCUT2D eigenvalue weighted by molar-refractivity contribution is -0.114. The third-order valence-corrected chi connectivity index (χ3v) is 3.87. The summed E-state index contributed by atoms with van der Waals surface area (Å²) in [5.74, 6) is -0.0379. The number of methoxy groups -OCH3 is 1. The largest absolute Gasteiger partial charge is 0.382 e. The molecule has 2 atom stereocenters. The first-order chi connectivity index (χ1) is 9.58. The fourth-order valence-electron chi connectivity index (χ4n) is 2.81. The molecule has 20 heavy (non-hydrogen) atoms. The SMILES string of the molecule is COC1CCCC(Nc2ccc(NC(C)=O)c(C)c2)C1. The third-order valence-electron chi connectivity index (χ3n) is 3.87. The number of hydrogen-bond donors (Lipinski definition) is 2. The zero-order valence-electron chi connectivity index (χ0n) is 12.5. The molecule has 0 radical (unpaired) electrons. The molecule has 0 heterocycles. The predicted octanol–water partition coefficient (Wildman–Crippen LogP) is 3.32. The second-order valence-corrected chi connectivity index (χ2v) is 5.58. The molecule has 0 spiro atoms. The number of aryl methyl sites for hydroxylation is 1. The number of carbonyl (C=O) groups is 1. The van der Waals surface area contributed by atoms with Crippen LogP contribution in [-0.2, 0) is 9.53 Å². The molecule has 1 fully saturated rings. The molecular weight excluding hydrogens is 252 g/mol. The Morgan fingerprint density at radius 2 is 2.15 bits per heavy atom. The van der Waals surface area contributed by atoms with Crippen LogP contribution in [0.2, 0.25) is 0 Å². The number of benzene rings is 1. The van der Waals surface area contributed by atoms with Crippen molar-refractivity contribution in [3.8, 4) is 0 Å². The first-order valence-electron chi connectivity index (χ1n) is 7.26. The standard InChI is InChI=1S/C16H24N2O2/c1-11-9-14(7-8-16(11)17-12(2)19)18-13-5-4-6-15(10-13)20-3/h7-9,13,15,18H,4-6,10H2,1-3H3,(H,17,19). The van der Waals surface area contributed by atoms with Crippen molar-refractivity contribution in [2.24, 2.45) is 0 Å². The Balaban J connectivity index is 1.99. The summed E-state index contributed by atoms with van der Waals surface area (Å²) in [4.78, 5) is 11.1. The Kier molecular flexibility index (Phi) is 5.01. The first-order valence-corrected chi connectivity index (χ1v) is 7.26. The van der Waals surface area contributed by atoms with Crippen molar-refractivity contribution in [1.29, 1.82) is 0 Å². The van der Waals surface area contributed by atoms with Crippen molar-refractivity contribution in [2.45, 2.75) is 51.7 Å². The fraction of sp³-hybridized carbons (Fsp3) is 0.562. The summed E-state index contributed by atoms with van der Waals surface area (Å²) in [7, 11) is 1.79. The van der Waals surface area contributed by atoms with Gasteiger partial charge in [0.05, 0.1) is 6.10 Å². The van der Waals surface area contributed by atoms with E-state index >= 15 is 0 Å². The molecule has 4 heteroatoms. The van der Waals surface area contributed by atoms with Crippen LogP contribution in [0.1, 0.15) is 38.2 Å². The Morgan fingerprint density at radius 3 is 2.80 bits per heavy atom. The average molecular weight is 276 g/mol. The molecule has 2 rings (SSSR count). The third kappa shape index (κ3) is 3.97. The van der Waals surface area contributed by atoms with Crippen LogP contribution in [-0.4, -0.2) is 25.2 Å². The topological polar surface area (TPSA) is 50.4 Å². The maximum Gasteiger partial charge on any atom is 0.221 e. The van der Waals surface area contributed by atoms with Crippen LogP contribution in [0.5, 0.6) is 0 Å². The van der Waals surface area contributed by atoms with Gasteiger partial charge in [0.2, 0.25) is 5.91 Å². The molecule has 1 aromatic rings. The van der Waals surface area contributed by atoms with E-state index in [1.54, 1.807) is 7.11 Å². The number of amides is 1. The number of anilines is 2. The van der Waals surface area contributed by atoms with Crippen LogP contribution < -0.4 is 10.6 Å². The minimum atomic E-state index is -0.0379. The monoisotopic (exact) mass is 276 g/mol. The fourth-order valence-corrected chi connectivity index (χ4v) is 2.81. The molecule has 1 aliphatic rings. The summed E-state index contributed by atoms with van der Waals surface area (Å²) in [6.45, 7) is 3.54. The van der Waals surface area contributed by atoms with Crippen LogP contribution in [0.4, 0.5) is 11.4 Å². The van der Waals surface area contributed by atoms with Gasteiger partial charge in [0.15, 0.2) is 0 Å². The molecule has 1 aromatic carbocycles. The van der Waals surface area contributed by atoms with Gasteiger partial charge in [0.1, 0.15) is 0 Å². The van der Waals surface area contributed by atoms with E-state index in [1.807, 2.05) is 19.1 Å². The van der Waals surface area contributed by atoms with Crippen molar-refractivity contribution >= 4 is 17.3 Å². The van der Waals surface area contributed by atoms with Crippen LogP contribution in [0.3, 0.4) is 0 Å². The predicted molar refractivity (Wildman–Crippen MR) is 82.2 cm³/mol. The summed E-state index contributed by atoms with van der Waals surface area (Å²) < 4.78 is 5.46. The quantitative estimate of drug-likeness (QED) is 0.887. The number of hydrogen-bond acceptors (Lipinski definition) is 3. The van der Waals surface area contributed by atoms with E-state index in [0.717, 1.165) is 29.8 Å². The Hall–Kier alpha value is -1.55. The van der Waals surface area contributed by atoms with E-state index in [0.29, 0.717) is 12.1 Å². The lowest BCUT2D eigenvalue weighted by Crippen LogP contribution is -2.31. The van der Waals surface area contributed by atoms with Gasteiger partial charge < -0.3 is 15.4 Å². The first kappa shape index (κ1) is 14.9. The highest BCUT2D eigenvalue weighted by atomic mass is 16.5. The maximum absolute atomic E-state index is 11.1. The maximum atomic E-state index is 11.1. The van der Waals surface area contributed by atoms with E-state index in [-0.39, 0.29) is 5.91 Å². The summed E-state index contributed by atoms with van der Waals surface area (Å²) in [5, 5.41) is 6.41. The van der Waals surface area contributed by atoms with E-state index in [9.17, 15) is 4.79 Å². The average Bonchev–Trinajstić information content (AvgIpc) is 2.42. The molecule has 4 nitrogen and oxygen atoms in total. The highest BCUT2D eigenvalue weighted by Gasteiger charge is 2.21. The molecule has 1 saturated carbocycles. The van der Waals surface area contributed by atoms with Crippen molar-refractivity contribution in [1.82, 2.24) is 0 Å². The highest BCUT2D eigenvalue weighted by molar-refractivity contribution is 5.89. The lowest BCUT2D eigenvalue weighted by Gasteiger charge is -2.29. The van der Waals surface area contributed by atoms with Crippen LogP contribution in [0.25, 0.3) is 0 Å². The molecular formula is C16H24N2O2. The van der Waals surface area contributed by atoms with E-state index in [4.69, 9.17) is 4.74 Å². The number of ether oxygens (including phenoxy) is 1. The molecule has 2 N–H and O–H groups in total. The van der Waals surface area contributed by atoms with Gasteiger partial charge in [-0.3, -0.25) is 4.79 Å². The minimum absolute atomic E-state index is 0.0379. The van der Waals surface area contributed by atoms with Gasteiger partial charge in [-0.25, -0.2) is 0 Å². The van der Waals surface area contributed by atoms with Crippen molar-refractivity contribution < 1.29 is 9.53 Å². The molecule has 0 saturated heterocycles. The van der Waals surface area contributed by atoms with Gasteiger partial charge in [-0.05, 0) is 56.4 Å². The van der Waals surface area contributed by atoms with Crippen molar-refractivity contribution in [3.63, 3.8) is 0 Å². The van der Waals surface area contributed by atoms with Crippen LogP contribution in [0.15, 0.2) is 18.2 Å². The number of rotatable bonds is 4. The van der Waals surface area contributed by atoms with Crippen molar-refractivity contribution in [2.75, 3.05) is 17.7 Å². The number of nitrogens with one attached hydrogen (secondary N) is 2. The summed E-state index contributed by atoms with van der Waals surface area (Å²) in [6.07, 6.45) is 4.99. The smallest absolute Gasteiger partial charge is 0.221 e. The van der Waals surface area contributed by atoms with Gasteiger partial charge in [-0.1, -0.05) is 0 Å². The molecule has 1 aliphatic carbocycles. The van der Waals surface area contributed by atoms with Crippen molar-refractivity contribution in [3.05, 3.63) is 23.8 Å². The highest BCUT2D eigenvalue weighted by Crippen LogP contribution is 2.26. The van der Waals surface area contributed by atoms with Crippen LogP contribution >= 0.6 is 0 Å². The van der Waals surface area contributed by atoms with Gasteiger partial charge in [0.25, 0.3) is 0 Å². The van der Waals surface area contributed by atoms with Gasteiger partial charge in [-0.15, -0.1) is 0 Å². The Labute approximate surface area is 120 Å². The van der Waals surface area contributed by atoms with Gasteiger partial charge in [0, 0.05) is 31.5 Å². The van der Waals surface area contributed by atoms with E-state index < -0.39 is 0 Å². The molecule has 110 valence electrons. The molecule has 0 bridgehead atoms. The van der Waals surface area contributed by atoms with E-state index in [2.05, 4.69) is 16.7 Å². The second-order valence-electron chi connectivity index (χ2n) is 5.58. The Bertz CT molecular complexity index is 474. The molecule has 2 unspecified atom stereocenters. The summed E-state index contributed by atoms with van der Waals surface area (Å²) >= 11 is 0. The van der Waals surface area contributed by atoms with Gasteiger partial charge in [-0.2, -0.15) is 0 Å².